The van der Waals surface area contributed by atoms with Crippen molar-refractivity contribution < 1.29 is 14.3 Å². The van der Waals surface area contributed by atoms with Crippen LogP contribution >= 0.6 is 0 Å². The Bertz CT molecular complexity index is 1010. The minimum Gasteiger partial charge on any atom is -0.494 e. The highest BCUT2D eigenvalue weighted by Crippen LogP contribution is 2.26. The van der Waals surface area contributed by atoms with Gasteiger partial charge in [0.1, 0.15) is 12.4 Å². The number of amides is 2. The summed E-state index contributed by atoms with van der Waals surface area (Å²) in [4.78, 5) is 16.4. The highest BCUT2D eigenvalue weighted by atomic mass is 16.5. The van der Waals surface area contributed by atoms with Crippen molar-refractivity contribution in [3.8, 4) is 22.9 Å². The van der Waals surface area contributed by atoms with E-state index in [-0.39, 0.29) is 6.61 Å². The van der Waals surface area contributed by atoms with Gasteiger partial charge in [0.2, 0.25) is 5.88 Å². The summed E-state index contributed by atoms with van der Waals surface area (Å²) in [5, 5.41) is 0.954. The van der Waals surface area contributed by atoms with Gasteiger partial charge in [0.25, 0.3) is 0 Å². The Balaban J connectivity index is 1.79. The van der Waals surface area contributed by atoms with Gasteiger partial charge in [0.15, 0.2) is 0 Å². The zero-order valence-electron chi connectivity index (χ0n) is 17.0. The number of urea groups is 1. The lowest BCUT2D eigenvalue weighted by atomic mass is 10.1. The van der Waals surface area contributed by atoms with Gasteiger partial charge in [0.05, 0.1) is 18.0 Å². The van der Waals surface area contributed by atoms with E-state index in [1.54, 1.807) is 12.1 Å². The minimum absolute atomic E-state index is 0.188. The summed E-state index contributed by atoms with van der Waals surface area (Å²) in [7, 11) is 0. The molecular formula is C22H25N5O3. The molecule has 2 aromatic carbocycles. The summed E-state index contributed by atoms with van der Waals surface area (Å²) in [6, 6.07) is 18.1. The molecule has 8 heteroatoms. The van der Waals surface area contributed by atoms with Gasteiger partial charge >= 0.3 is 6.03 Å². The highest BCUT2D eigenvalue weighted by molar-refractivity contribution is 5.91. The van der Waals surface area contributed by atoms with Crippen molar-refractivity contribution in [3.05, 3.63) is 71.8 Å². The molecule has 0 unspecified atom stereocenters. The average molecular weight is 407 g/mol. The molecule has 0 spiro atoms. The van der Waals surface area contributed by atoms with Gasteiger partial charge < -0.3 is 9.47 Å². The van der Waals surface area contributed by atoms with Crippen molar-refractivity contribution in [2.45, 2.75) is 20.5 Å². The van der Waals surface area contributed by atoms with Gasteiger partial charge in [-0.15, -0.1) is 0 Å². The van der Waals surface area contributed by atoms with Gasteiger partial charge in [-0.3, -0.25) is 5.43 Å². The lowest BCUT2D eigenvalue weighted by molar-refractivity contribution is 0.246. The number of pyridine rings is 1. The fourth-order valence-electron chi connectivity index (χ4n) is 2.97. The minimum atomic E-state index is -0.627. The van der Waals surface area contributed by atoms with E-state index in [1.165, 1.54) is 0 Å². The topological polar surface area (TPSA) is 116 Å². The maximum absolute atomic E-state index is 11.8. The number of carbonyl (C=O) groups excluding carboxylic acids is 1. The molecule has 0 saturated heterocycles. The quantitative estimate of drug-likeness (QED) is 0.314. The maximum atomic E-state index is 11.8. The number of hydrogen-bond donors (Lipinski definition) is 3. The number of hydrogen-bond acceptors (Lipinski definition) is 6. The molecule has 1 aromatic heterocycles. The molecule has 0 aliphatic carbocycles. The molecule has 0 radical (unpaired) electrons. The van der Waals surface area contributed by atoms with Gasteiger partial charge in [-0.2, -0.15) is 0 Å². The third kappa shape index (κ3) is 4.86. The van der Waals surface area contributed by atoms with Crippen molar-refractivity contribution in [2.75, 3.05) is 11.6 Å². The van der Waals surface area contributed by atoms with E-state index >= 15 is 0 Å². The molecule has 3 aromatic rings. The predicted molar refractivity (Wildman–Crippen MR) is 116 cm³/mol. The summed E-state index contributed by atoms with van der Waals surface area (Å²) >= 11 is 0. The van der Waals surface area contributed by atoms with Crippen LogP contribution in [-0.2, 0) is 6.61 Å². The van der Waals surface area contributed by atoms with Crippen molar-refractivity contribution in [1.82, 2.24) is 10.4 Å². The summed E-state index contributed by atoms with van der Waals surface area (Å²) in [5.74, 6) is 12.3. The van der Waals surface area contributed by atoms with Crippen LogP contribution < -0.4 is 31.6 Å². The number of rotatable bonds is 7. The fourth-order valence-corrected chi connectivity index (χ4v) is 2.97. The van der Waals surface area contributed by atoms with Crippen LogP contribution in [0.25, 0.3) is 11.3 Å². The molecule has 156 valence electrons. The van der Waals surface area contributed by atoms with Gasteiger partial charge in [0, 0.05) is 17.2 Å². The molecular weight excluding hydrogens is 382 g/mol. The number of aryl methyl sites for hydroxylation is 1. The molecule has 0 fully saturated rings. The number of nitrogens with two attached hydrogens (primary N) is 2. The summed E-state index contributed by atoms with van der Waals surface area (Å²) < 4.78 is 11.4. The summed E-state index contributed by atoms with van der Waals surface area (Å²) in [6.07, 6.45) is 0. The van der Waals surface area contributed by atoms with Gasteiger partial charge in [-0.05, 0) is 55.8 Å². The Kier molecular flexibility index (Phi) is 6.84. The van der Waals surface area contributed by atoms with Crippen molar-refractivity contribution in [2.24, 2.45) is 11.7 Å². The largest absolute Gasteiger partial charge is 0.494 e. The SMILES string of the molecule is CCOc1ccc(-c2cccc(OCc3c(C)cccc3N(N)C(=O)NN)n2)cc1. The predicted octanol–water partition coefficient (Wildman–Crippen LogP) is 3.30. The number of aromatic nitrogens is 1. The smallest absolute Gasteiger partial charge is 0.350 e. The van der Waals surface area contributed by atoms with Crippen LogP contribution in [0, 0.1) is 6.92 Å². The molecule has 0 aliphatic rings. The van der Waals surface area contributed by atoms with Crippen LogP contribution in [0.2, 0.25) is 0 Å². The van der Waals surface area contributed by atoms with Crippen molar-refractivity contribution in [1.29, 1.82) is 0 Å². The molecule has 0 atom stereocenters. The molecule has 5 N–H and O–H groups in total. The van der Waals surface area contributed by atoms with E-state index < -0.39 is 6.03 Å². The van der Waals surface area contributed by atoms with E-state index in [1.807, 2.05) is 67.8 Å². The first-order valence-electron chi connectivity index (χ1n) is 9.50. The lowest BCUT2D eigenvalue weighted by Gasteiger charge is -2.21. The van der Waals surface area contributed by atoms with Gasteiger partial charge in [-0.1, -0.05) is 18.2 Å². The Hall–Kier alpha value is -3.62. The molecule has 1 heterocycles. The van der Waals surface area contributed by atoms with E-state index in [0.29, 0.717) is 18.2 Å². The third-order valence-corrected chi connectivity index (χ3v) is 4.54. The number of hydrazine groups is 2. The average Bonchev–Trinajstić information content (AvgIpc) is 2.78. The van der Waals surface area contributed by atoms with Crippen molar-refractivity contribution >= 4 is 11.7 Å². The first kappa shape index (κ1) is 21.1. The first-order valence-corrected chi connectivity index (χ1v) is 9.50. The van der Waals surface area contributed by atoms with Crippen LogP contribution in [0.4, 0.5) is 10.5 Å². The lowest BCUT2D eigenvalue weighted by Crippen LogP contribution is -2.48. The zero-order valence-corrected chi connectivity index (χ0v) is 17.0. The standard InChI is InChI=1S/C22H25N5O3/c1-3-29-17-12-10-16(11-13-17)19-7-5-9-21(25-19)30-14-18-15(2)6-4-8-20(18)27(24)22(28)26-23/h4-13H,3,14,23-24H2,1-2H3,(H,26,28). The van der Waals surface area contributed by atoms with Crippen LogP contribution in [0.5, 0.6) is 11.6 Å². The molecule has 8 nitrogen and oxygen atoms in total. The molecule has 2 amide bonds. The normalized spacial score (nSPS) is 10.4. The monoisotopic (exact) mass is 407 g/mol. The molecule has 0 bridgehead atoms. The Morgan fingerprint density at radius 2 is 1.80 bits per heavy atom. The van der Waals surface area contributed by atoms with Crippen LogP contribution in [0.3, 0.4) is 0 Å². The van der Waals surface area contributed by atoms with Crippen LogP contribution in [0.15, 0.2) is 60.7 Å². The number of carbonyl (C=O) groups is 1. The third-order valence-electron chi connectivity index (χ3n) is 4.54. The number of nitrogens with one attached hydrogen (secondary N) is 1. The van der Waals surface area contributed by atoms with E-state index in [9.17, 15) is 4.79 Å². The maximum Gasteiger partial charge on any atom is 0.350 e. The first-order chi connectivity index (χ1) is 14.5. The second kappa shape index (κ2) is 9.73. The van der Waals surface area contributed by atoms with Crippen LogP contribution in [-0.4, -0.2) is 17.6 Å². The van der Waals surface area contributed by atoms with E-state index in [4.69, 9.17) is 21.2 Å². The Labute approximate surface area is 175 Å². The van der Waals surface area contributed by atoms with E-state index in [0.717, 1.165) is 33.1 Å². The Morgan fingerprint density at radius 1 is 1.07 bits per heavy atom. The molecule has 30 heavy (non-hydrogen) atoms. The summed E-state index contributed by atoms with van der Waals surface area (Å²) in [5.41, 5.74) is 5.94. The second-order valence-electron chi connectivity index (χ2n) is 6.50. The number of nitrogens with zero attached hydrogens (tertiary/aromatic N) is 2. The summed E-state index contributed by atoms with van der Waals surface area (Å²) in [6.45, 7) is 4.67. The molecule has 0 saturated carbocycles. The van der Waals surface area contributed by atoms with Crippen molar-refractivity contribution in [3.63, 3.8) is 0 Å². The molecule has 0 aliphatic heterocycles. The Morgan fingerprint density at radius 3 is 2.50 bits per heavy atom. The fraction of sp³-hybridized carbons (Fsp3) is 0.182. The van der Waals surface area contributed by atoms with Gasteiger partial charge in [-0.25, -0.2) is 26.5 Å². The number of ether oxygens (including phenoxy) is 2. The second-order valence-corrected chi connectivity index (χ2v) is 6.50. The zero-order chi connectivity index (χ0) is 21.5. The van der Waals surface area contributed by atoms with Crippen LogP contribution in [0.1, 0.15) is 18.1 Å². The van der Waals surface area contributed by atoms with E-state index in [2.05, 4.69) is 4.98 Å². The molecule has 3 rings (SSSR count). The number of benzene rings is 2. The number of anilines is 1. The highest BCUT2D eigenvalue weighted by Gasteiger charge is 2.16.